The first kappa shape index (κ1) is 4.64. The quantitative estimate of drug-likeness (QED) is 0.492. The van der Waals surface area contributed by atoms with Gasteiger partial charge >= 0.3 is 0 Å². The lowest BCUT2D eigenvalue weighted by Gasteiger charge is -1.82. The van der Waals surface area contributed by atoms with Gasteiger partial charge in [-0.15, -0.1) is 5.10 Å². The zero-order valence-electron chi connectivity index (χ0n) is 3.87. The summed E-state index contributed by atoms with van der Waals surface area (Å²) in [6.07, 6.45) is 1.46. The van der Waals surface area contributed by atoms with E-state index in [-0.39, 0.29) is 0 Å². The van der Waals surface area contributed by atoms with Gasteiger partial charge in [0, 0.05) is 0 Å². The summed E-state index contributed by atoms with van der Waals surface area (Å²) in [6.45, 7) is 1.83. The van der Waals surface area contributed by atoms with Crippen LogP contribution in [0.1, 0.15) is 5.82 Å². The summed E-state index contributed by atoms with van der Waals surface area (Å²) in [6, 6.07) is 0. The van der Waals surface area contributed by atoms with Crippen molar-refractivity contribution >= 4 is 12.8 Å². The molecule has 0 spiro atoms. The van der Waals surface area contributed by atoms with E-state index < -0.39 is 0 Å². The maximum absolute atomic E-state index is 3.89. The minimum absolute atomic E-state index is 0.809. The lowest BCUT2D eigenvalue weighted by molar-refractivity contribution is 0.970. The van der Waals surface area contributed by atoms with Crippen LogP contribution in [0.2, 0.25) is 0 Å². The van der Waals surface area contributed by atoms with Gasteiger partial charge in [-0.05, 0) is 19.7 Å². The molecule has 0 aliphatic rings. The summed E-state index contributed by atoms with van der Waals surface area (Å²) in [7, 11) is 0. The Morgan fingerprint density at radius 1 is 1.86 bits per heavy atom. The Bertz CT molecular complexity index is 142. The van der Waals surface area contributed by atoms with Crippen molar-refractivity contribution in [2.45, 2.75) is 6.92 Å². The molecule has 1 aromatic rings. The van der Waals surface area contributed by atoms with Gasteiger partial charge in [0.15, 0.2) is 0 Å². The second kappa shape index (κ2) is 1.54. The fourth-order valence-corrected chi connectivity index (χ4v) is 0.391. The first-order valence-corrected chi connectivity index (χ1v) is 2.26. The zero-order valence-corrected chi connectivity index (χ0v) is 4.76. The Morgan fingerprint density at radius 3 is 2.71 bits per heavy atom. The van der Waals surface area contributed by atoms with Gasteiger partial charge in [-0.1, -0.05) is 0 Å². The summed E-state index contributed by atoms with van der Waals surface area (Å²) in [5, 5.41) is 3.69. The number of thiol groups is 1. The molecule has 0 aliphatic heterocycles. The van der Waals surface area contributed by atoms with Crippen LogP contribution in [-0.2, 0) is 0 Å². The van der Waals surface area contributed by atoms with Gasteiger partial charge in [0.2, 0.25) is 0 Å². The van der Waals surface area contributed by atoms with Crippen molar-refractivity contribution in [2.24, 2.45) is 0 Å². The van der Waals surface area contributed by atoms with Gasteiger partial charge in [-0.2, -0.15) is 4.09 Å². The van der Waals surface area contributed by atoms with Crippen LogP contribution in [0.25, 0.3) is 0 Å². The zero-order chi connectivity index (χ0) is 5.28. The number of nitrogens with zero attached hydrogens (tertiary/aromatic N) is 3. The van der Waals surface area contributed by atoms with E-state index in [0.717, 1.165) is 5.82 Å². The molecule has 0 N–H and O–H groups in total. The van der Waals surface area contributed by atoms with Gasteiger partial charge in [0.05, 0.1) is 0 Å². The average Bonchev–Trinajstić information content (AvgIpc) is 1.91. The first-order chi connectivity index (χ1) is 3.30. The predicted octanol–water partition coefficient (Wildman–Crippen LogP) is 0.279. The van der Waals surface area contributed by atoms with Crippen molar-refractivity contribution in [3.8, 4) is 0 Å². The molecule has 3 nitrogen and oxygen atoms in total. The lowest BCUT2D eigenvalue weighted by atomic mass is 10.8. The molecule has 0 fully saturated rings. The third kappa shape index (κ3) is 0.742. The molecule has 0 unspecified atom stereocenters. The maximum Gasteiger partial charge on any atom is 0.139 e. The minimum atomic E-state index is 0.809. The summed E-state index contributed by atoms with van der Waals surface area (Å²) in [4.78, 5) is 3.79. The Labute approximate surface area is 46.9 Å². The van der Waals surface area contributed by atoms with E-state index in [0.29, 0.717) is 0 Å². The van der Waals surface area contributed by atoms with Crippen molar-refractivity contribution in [3.63, 3.8) is 0 Å². The molecule has 1 heterocycles. The lowest BCUT2D eigenvalue weighted by Crippen LogP contribution is -1.83. The third-order valence-electron chi connectivity index (χ3n) is 0.695. The third-order valence-corrected chi connectivity index (χ3v) is 1.09. The average molecular weight is 115 g/mol. The van der Waals surface area contributed by atoms with Crippen molar-refractivity contribution < 1.29 is 0 Å². The van der Waals surface area contributed by atoms with Crippen LogP contribution < -0.4 is 0 Å². The molecule has 0 bridgehead atoms. The molecule has 0 aromatic carbocycles. The second-order valence-corrected chi connectivity index (χ2v) is 1.58. The molecular weight excluding hydrogens is 110 g/mol. The number of hydrogen-bond donors (Lipinski definition) is 1. The predicted molar refractivity (Wildman–Crippen MR) is 29.1 cm³/mol. The van der Waals surface area contributed by atoms with E-state index in [2.05, 4.69) is 22.9 Å². The molecule has 0 aliphatic carbocycles. The van der Waals surface area contributed by atoms with E-state index in [9.17, 15) is 0 Å². The number of rotatable bonds is 0. The van der Waals surface area contributed by atoms with Crippen LogP contribution >= 0.6 is 12.8 Å². The van der Waals surface area contributed by atoms with Crippen LogP contribution in [0.3, 0.4) is 0 Å². The SMILES string of the molecule is Cc1ncnn1S. The van der Waals surface area contributed by atoms with Crippen molar-refractivity contribution in [2.75, 3.05) is 0 Å². The van der Waals surface area contributed by atoms with Gasteiger partial charge in [0.1, 0.15) is 12.2 Å². The van der Waals surface area contributed by atoms with Gasteiger partial charge in [0.25, 0.3) is 0 Å². The molecule has 0 saturated heterocycles. The second-order valence-electron chi connectivity index (χ2n) is 1.20. The fourth-order valence-electron chi connectivity index (χ4n) is 0.293. The fraction of sp³-hybridized carbons (Fsp3) is 0.333. The number of aryl methyl sites for hydroxylation is 1. The molecule has 7 heavy (non-hydrogen) atoms. The Morgan fingerprint density at radius 2 is 2.57 bits per heavy atom. The van der Waals surface area contributed by atoms with Crippen molar-refractivity contribution in [3.05, 3.63) is 12.2 Å². The van der Waals surface area contributed by atoms with Crippen LogP contribution in [0.4, 0.5) is 0 Å². The monoisotopic (exact) mass is 115 g/mol. The highest BCUT2D eigenvalue weighted by Crippen LogP contribution is 1.88. The smallest absolute Gasteiger partial charge is 0.139 e. The van der Waals surface area contributed by atoms with E-state index in [4.69, 9.17) is 0 Å². The molecule has 0 saturated carbocycles. The molecule has 0 amide bonds. The van der Waals surface area contributed by atoms with Gasteiger partial charge in [-0.3, -0.25) is 0 Å². The largest absolute Gasteiger partial charge is 0.219 e. The molecule has 1 aromatic heterocycles. The maximum atomic E-state index is 3.89. The number of aromatic nitrogens is 3. The normalized spacial score (nSPS) is 9.43. The molecule has 4 heteroatoms. The van der Waals surface area contributed by atoms with Crippen LogP contribution in [0, 0.1) is 6.92 Å². The van der Waals surface area contributed by atoms with Gasteiger partial charge < -0.3 is 0 Å². The molecule has 0 radical (unpaired) electrons. The van der Waals surface area contributed by atoms with Crippen LogP contribution in [0.5, 0.6) is 0 Å². The standard InChI is InChI=1S/C3H5N3S/c1-3-4-2-5-6(3)7/h2,7H,1H3. The highest BCUT2D eigenvalue weighted by molar-refractivity contribution is 7.78. The summed E-state index contributed by atoms with van der Waals surface area (Å²) in [5.41, 5.74) is 0. The van der Waals surface area contributed by atoms with E-state index in [1.807, 2.05) is 6.92 Å². The van der Waals surface area contributed by atoms with Crippen LogP contribution in [0.15, 0.2) is 6.33 Å². The van der Waals surface area contributed by atoms with E-state index in [1.165, 1.54) is 10.4 Å². The molecule has 1 rings (SSSR count). The summed E-state index contributed by atoms with van der Waals surface area (Å²) >= 11 is 3.89. The Kier molecular flexibility index (Phi) is 1.02. The molecule has 38 valence electrons. The highest BCUT2D eigenvalue weighted by Gasteiger charge is 1.86. The Hall–Kier alpha value is -0.510. The molecule has 0 atom stereocenters. The number of hydrogen-bond acceptors (Lipinski definition) is 3. The van der Waals surface area contributed by atoms with E-state index in [1.54, 1.807) is 0 Å². The van der Waals surface area contributed by atoms with E-state index >= 15 is 0 Å². The Balaban J connectivity index is 3.12. The van der Waals surface area contributed by atoms with Crippen LogP contribution in [-0.4, -0.2) is 14.2 Å². The highest BCUT2D eigenvalue weighted by atomic mass is 32.1. The molecular formula is C3H5N3S. The van der Waals surface area contributed by atoms with Crippen molar-refractivity contribution in [1.29, 1.82) is 0 Å². The van der Waals surface area contributed by atoms with Crippen molar-refractivity contribution in [1.82, 2.24) is 14.2 Å². The summed E-state index contributed by atoms with van der Waals surface area (Å²) < 4.78 is 1.42. The summed E-state index contributed by atoms with van der Waals surface area (Å²) in [5.74, 6) is 0.809. The topological polar surface area (TPSA) is 30.7 Å². The minimum Gasteiger partial charge on any atom is -0.219 e. The van der Waals surface area contributed by atoms with Gasteiger partial charge in [-0.25, -0.2) is 4.98 Å². The first-order valence-electron chi connectivity index (χ1n) is 1.86.